The van der Waals surface area contributed by atoms with Crippen LogP contribution in [0, 0.1) is 6.92 Å². The maximum atomic E-state index is 9.63. The van der Waals surface area contributed by atoms with Crippen LogP contribution in [0.4, 0.5) is 0 Å². The molecule has 0 aliphatic rings. The monoisotopic (exact) mass is 216 g/mol. The van der Waals surface area contributed by atoms with Gasteiger partial charge in [-0.25, -0.2) is 9.97 Å². The summed E-state index contributed by atoms with van der Waals surface area (Å²) in [6, 6.07) is 7.17. The van der Waals surface area contributed by atoms with E-state index < -0.39 is 0 Å². The van der Waals surface area contributed by atoms with Gasteiger partial charge in [-0.1, -0.05) is 32.0 Å². The first-order chi connectivity index (χ1) is 7.79. The molecule has 0 unspecified atom stereocenters. The quantitative estimate of drug-likeness (QED) is 0.796. The first-order valence-corrected chi connectivity index (χ1v) is 5.34. The van der Waals surface area contributed by atoms with Gasteiger partial charge in [0.25, 0.3) is 0 Å². The van der Waals surface area contributed by atoms with Crippen molar-refractivity contribution in [2.24, 2.45) is 0 Å². The Kier molecular flexibility index (Phi) is 4.45. The molecule has 2 rings (SSSR count). The highest BCUT2D eigenvalue weighted by Gasteiger charge is 2.06. The number of aryl methyl sites for hydroxylation is 1. The third-order valence-electron chi connectivity index (χ3n) is 2.11. The lowest BCUT2D eigenvalue weighted by atomic mass is 10.1. The van der Waals surface area contributed by atoms with Gasteiger partial charge in [-0.3, -0.25) is 0 Å². The van der Waals surface area contributed by atoms with Crippen molar-refractivity contribution in [2.45, 2.75) is 20.8 Å². The summed E-state index contributed by atoms with van der Waals surface area (Å²) in [6.45, 7) is 5.89. The number of rotatable bonds is 1. The number of phenolic OH excluding ortho intramolecular Hbond substituents is 1. The molecular formula is C13H16N2O. The van der Waals surface area contributed by atoms with Crippen LogP contribution in [0.2, 0.25) is 0 Å². The van der Waals surface area contributed by atoms with Crippen LogP contribution < -0.4 is 0 Å². The van der Waals surface area contributed by atoms with Crippen molar-refractivity contribution >= 4 is 0 Å². The lowest BCUT2D eigenvalue weighted by molar-refractivity contribution is 0.477. The molecule has 1 heterocycles. The highest BCUT2D eigenvalue weighted by Crippen LogP contribution is 2.29. The second kappa shape index (κ2) is 5.85. The normalized spacial score (nSPS) is 9.19. The second-order valence-corrected chi connectivity index (χ2v) is 3.04. The van der Waals surface area contributed by atoms with Crippen molar-refractivity contribution < 1.29 is 5.11 Å². The van der Waals surface area contributed by atoms with Crippen molar-refractivity contribution in [3.63, 3.8) is 0 Å². The molecule has 0 bridgehead atoms. The van der Waals surface area contributed by atoms with E-state index in [2.05, 4.69) is 9.97 Å². The Labute approximate surface area is 95.8 Å². The minimum absolute atomic E-state index is 0.255. The largest absolute Gasteiger partial charge is 0.507 e. The van der Waals surface area contributed by atoms with Gasteiger partial charge in [0.1, 0.15) is 12.1 Å². The molecule has 2 aromatic rings. The van der Waals surface area contributed by atoms with Gasteiger partial charge in [0, 0.05) is 23.0 Å². The molecule has 0 aliphatic carbocycles. The van der Waals surface area contributed by atoms with Gasteiger partial charge in [-0.15, -0.1) is 0 Å². The number of aromatic hydroxyl groups is 1. The molecule has 0 saturated carbocycles. The van der Waals surface area contributed by atoms with Crippen LogP contribution in [0.5, 0.6) is 5.75 Å². The minimum Gasteiger partial charge on any atom is -0.507 e. The highest BCUT2D eigenvalue weighted by molar-refractivity contribution is 5.70. The summed E-state index contributed by atoms with van der Waals surface area (Å²) in [5.74, 6) is 0.255. The van der Waals surface area contributed by atoms with E-state index in [0.717, 1.165) is 16.8 Å². The number of hydrogen-bond acceptors (Lipinski definition) is 3. The van der Waals surface area contributed by atoms with Crippen LogP contribution in [0.25, 0.3) is 11.1 Å². The number of hydrogen-bond donors (Lipinski definition) is 1. The fourth-order valence-electron chi connectivity index (χ4n) is 1.36. The molecule has 16 heavy (non-hydrogen) atoms. The molecule has 0 atom stereocenters. The second-order valence-electron chi connectivity index (χ2n) is 3.04. The van der Waals surface area contributed by atoms with Crippen LogP contribution in [-0.2, 0) is 0 Å². The zero-order valence-electron chi connectivity index (χ0n) is 9.81. The van der Waals surface area contributed by atoms with Crippen LogP contribution in [0.15, 0.2) is 36.8 Å². The van der Waals surface area contributed by atoms with E-state index in [1.54, 1.807) is 18.3 Å². The molecule has 0 radical (unpaired) electrons. The Morgan fingerprint density at radius 3 is 2.38 bits per heavy atom. The lowest BCUT2D eigenvalue weighted by Crippen LogP contribution is -1.88. The molecule has 1 N–H and O–H groups in total. The van der Waals surface area contributed by atoms with Crippen molar-refractivity contribution in [1.82, 2.24) is 9.97 Å². The molecule has 1 aromatic carbocycles. The van der Waals surface area contributed by atoms with Gasteiger partial charge in [-0.05, 0) is 13.0 Å². The molecule has 0 aliphatic heterocycles. The third kappa shape index (κ3) is 2.57. The first-order valence-electron chi connectivity index (χ1n) is 5.34. The van der Waals surface area contributed by atoms with E-state index in [4.69, 9.17) is 0 Å². The zero-order valence-corrected chi connectivity index (χ0v) is 9.81. The van der Waals surface area contributed by atoms with E-state index >= 15 is 0 Å². The molecule has 84 valence electrons. The van der Waals surface area contributed by atoms with Crippen molar-refractivity contribution in [1.29, 1.82) is 0 Å². The van der Waals surface area contributed by atoms with Crippen LogP contribution >= 0.6 is 0 Å². The molecular weight excluding hydrogens is 200 g/mol. The number of phenols is 1. The maximum absolute atomic E-state index is 9.63. The fraction of sp³-hybridized carbons (Fsp3) is 0.231. The van der Waals surface area contributed by atoms with Crippen molar-refractivity contribution in [2.75, 3.05) is 0 Å². The molecule has 0 saturated heterocycles. The van der Waals surface area contributed by atoms with Crippen LogP contribution in [-0.4, -0.2) is 15.1 Å². The number of nitrogens with zero attached hydrogens (tertiary/aromatic N) is 2. The van der Waals surface area contributed by atoms with Crippen molar-refractivity contribution in [3.8, 4) is 16.9 Å². The van der Waals surface area contributed by atoms with Gasteiger partial charge in [0.15, 0.2) is 0 Å². The average molecular weight is 216 g/mol. The lowest BCUT2D eigenvalue weighted by Gasteiger charge is -2.05. The maximum Gasteiger partial charge on any atom is 0.123 e. The Bertz CT molecular complexity index is 412. The molecule has 3 heteroatoms. The minimum atomic E-state index is 0.255. The van der Waals surface area contributed by atoms with E-state index in [9.17, 15) is 5.11 Å². The zero-order chi connectivity index (χ0) is 12.0. The van der Waals surface area contributed by atoms with E-state index in [1.807, 2.05) is 32.9 Å². The van der Waals surface area contributed by atoms with Gasteiger partial charge in [-0.2, -0.15) is 0 Å². The van der Waals surface area contributed by atoms with E-state index in [-0.39, 0.29) is 5.75 Å². The number of aromatic nitrogens is 2. The van der Waals surface area contributed by atoms with Gasteiger partial charge in [0.2, 0.25) is 0 Å². The molecule has 1 aromatic heterocycles. The molecule has 0 amide bonds. The van der Waals surface area contributed by atoms with Crippen molar-refractivity contribution in [3.05, 3.63) is 42.5 Å². The van der Waals surface area contributed by atoms with E-state index in [1.165, 1.54) is 6.33 Å². The Hall–Kier alpha value is -1.90. The van der Waals surface area contributed by atoms with Gasteiger partial charge < -0.3 is 5.11 Å². The fourth-order valence-corrected chi connectivity index (χ4v) is 1.36. The summed E-state index contributed by atoms with van der Waals surface area (Å²) >= 11 is 0. The Morgan fingerprint density at radius 1 is 1.06 bits per heavy atom. The summed E-state index contributed by atoms with van der Waals surface area (Å²) in [5.41, 5.74) is 2.50. The summed E-state index contributed by atoms with van der Waals surface area (Å²) in [4.78, 5) is 8.02. The average Bonchev–Trinajstić information content (AvgIpc) is 2.34. The standard InChI is InChI=1S/C11H10N2O.C2H6/c1-8-10(6-12-7-13-8)9-4-2-3-5-11(9)14;1-2/h2-7,14H,1H3;1-2H3. The summed E-state index contributed by atoms with van der Waals surface area (Å²) in [7, 11) is 0. The topological polar surface area (TPSA) is 46.0 Å². The predicted octanol–water partition coefficient (Wildman–Crippen LogP) is 3.18. The first kappa shape index (κ1) is 12.2. The smallest absolute Gasteiger partial charge is 0.123 e. The SMILES string of the molecule is CC.Cc1ncncc1-c1ccccc1O. The highest BCUT2D eigenvalue weighted by atomic mass is 16.3. The predicted molar refractivity (Wildman–Crippen MR) is 65.2 cm³/mol. The summed E-state index contributed by atoms with van der Waals surface area (Å²) < 4.78 is 0. The summed E-state index contributed by atoms with van der Waals surface area (Å²) in [5, 5.41) is 9.63. The molecule has 0 fully saturated rings. The van der Waals surface area contributed by atoms with Crippen LogP contribution in [0.1, 0.15) is 19.5 Å². The Morgan fingerprint density at radius 2 is 1.75 bits per heavy atom. The number of para-hydroxylation sites is 1. The number of benzene rings is 1. The third-order valence-corrected chi connectivity index (χ3v) is 2.11. The Balaban J connectivity index is 0.000000606. The van der Waals surface area contributed by atoms with Gasteiger partial charge >= 0.3 is 0 Å². The van der Waals surface area contributed by atoms with Crippen LogP contribution in [0.3, 0.4) is 0 Å². The molecule has 3 nitrogen and oxygen atoms in total. The summed E-state index contributed by atoms with van der Waals surface area (Å²) in [6.07, 6.45) is 3.20. The van der Waals surface area contributed by atoms with E-state index in [0.29, 0.717) is 0 Å². The molecule has 0 spiro atoms. The van der Waals surface area contributed by atoms with Gasteiger partial charge in [0.05, 0.1) is 0 Å².